The average Bonchev–Trinajstić information content (AvgIpc) is 3.70. The molecule has 4 aromatic heterocycles. The van der Waals surface area contributed by atoms with Gasteiger partial charge >= 0.3 is 0 Å². The number of pyridine rings is 2. The zero-order valence-corrected chi connectivity index (χ0v) is 27.3. The van der Waals surface area contributed by atoms with Gasteiger partial charge in [0.2, 0.25) is 0 Å². The Kier molecular flexibility index (Phi) is 5.99. The first kappa shape index (κ1) is 27.0. The number of nitrogens with zero attached hydrogens (tertiary/aromatic N) is 2. The van der Waals surface area contributed by atoms with Crippen molar-refractivity contribution in [3.63, 3.8) is 0 Å². The lowest BCUT2D eigenvalue weighted by atomic mass is 9.89. The Labute approximate surface area is 280 Å². The van der Waals surface area contributed by atoms with Gasteiger partial charge in [-0.2, -0.15) is 0 Å². The molecule has 5 aromatic carbocycles. The second kappa shape index (κ2) is 10.4. The van der Waals surface area contributed by atoms with Gasteiger partial charge in [-0.05, 0) is 88.0 Å². The molecule has 47 heavy (non-hydrogen) atoms. The second-order valence-electron chi connectivity index (χ2n) is 12.6. The maximum atomic E-state index is 5.30. The normalized spacial score (nSPS) is 14.5. The first-order valence-corrected chi connectivity index (χ1v) is 17.8. The molecule has 0 N–H and O–H groups in total. The smallest absolute Gasteiger partial charge is 0.0972 e. The van der Waals surface area contributed by atoms with E-state index in [9.17, 15) is 0 Å². The third-order valence-electron chi connectivity index (χ3n) is 9.72. The minimum atomic E-state index is 0.525. The van der Waals surface area contributed by atoms with Crippen LogP contribution in [0.2, 0.25) is 0 Å². The van der Waals surface area contributed by atoms with Crippen molar-refractivity contribution in [1.82, 2.24) is 9.97 Å². The zero-order chi connectivity index (χ0) is 31.1. The van der Waals surface area contributed by atoms with Crippen molar-refractivity contribution < 1.29 is 0 Å². The number of aromatic nitrogens is 2. The van der Waals surface area contributed by atoms with E-state index >= 15 is 0 Å². The molecule has 0 spiro atoms. The average molecular weight is 637 g/mol. The first-order chi connectivity index (χ1) is 23.2. The highest BCUT2D eigenvalue weighted by molar-refractivity contribution is 7.26. The molecule has 2 nitrogen and oxygen atoms in total. The number of hydrogen-bond donors (Lipinski definition) is 0. The molecular formula is C43H28N2S2. The lowest BCUT2D eigenvalue weighted by molar-refractivity contribution is 0.783. The summed E-state index contributed by atoms with van der Waals surface area (Å²) >= 11 is 3.81. The topological polar surface area (TPSA) is 25.8 Å². The number of benzene rings is 5. The van der Waals surface area contributed by atoms with Crippen molar-refractivity contribution in [2.45, 2.75) is 19.3 Å². The van der Waals surface area contributed by atoms with E-state index in [1.165, 1.54) is 63.0 Å². The van der Waals surface area contributed by atoms with E-state index in [-0.39, 0.29) is 0 Å². The van der Waals surface area contributed by atoms with Crippen LogP contribution in [-0.4, -0.2) is 9.97 Å². The summed E-state index contributed by atoms with van der Waals surface area (Å²) in [5.41, 5.74) is 10.4. The molecule has 0 fully saturated rings. The summed E-state index contributed by atoms with van der Waals surface area (Å²) in [5.74, 6) is 0.525. The quantitative estimate of drug-likeness (QED) is 0.180. The van der Waals surface area contributed by atoms with Gasteiger partial charge in [-0.1, -0.05) is 91.9 Å². The molecule has 0 aliphatic heterocycles. The van der Waals surface area contributed by atoms with Crippen molar-refractivity contribution in [3.05, 3.63) is 138 Å². The highest BCUT2D eigenvalue weighted by Gasteiger charge is 2.21. The predicted molar refractivity (Wildman–Crippen MR) is 204 cm³/mol. The molecule has 0 amide bonds. The van der Waals surface area contributed by atoms with Crippen LogP contribution in [0.15, 0.2) is 128 Å². The molecule has 0 radical (unpaired) electrons. The van der Waals surface area contributed by atoms with Gasteiger partial charge in [-0.25, -0.2) is 4.98 Å². The molecule has 1 atom stereocenters. The predicted octanol–water partition coefficient (Wildman–Crippen LogP) is 12.9. The number of rotatable bonds is 3. The summed E-state index contributed by atoms with van der Waals surface area (Å²) in [5, 5.41) is 6.22. The monoisotopic (exact) mass is 636 g/mol. The van der Waals surface area contributed by atoms with Crippen molar-refractivity contribution in [1.29, 1.82) is 0 Å². The molecule has 4 heterocycles. The molecule has 0 bridgehead atoms. The van der Waals surface area contributed by atoms with E-state index < -0.39 is 0 Å². The number of hydrogen-bond acceptors (Lipinski definition) is 4. The molecule has 0 saturated carbocycles. The van der Waals surface area contributed by atoms with E-state index in [4.69, 9.17) is 9.97 Å². The summed E-state index contributed by atoms with van der Waals surface area (Å²) in [6.45, 7) is 2.36. The molecule has 1 aliphatic carbocycles. The van der Waals surface area contributed by atoms with Crippen LogP contribution < -0.4 is 0 Å². The van der Waals surface area contributed by atoms with Crippen LogP contribution in [-0.2, 0) is 0 Å². The van der Waals surface area contributed by atoms with E-state index in [1.54, 1.807) is 0 Å². The van der Waals surface area contributed by atoms with Gasteiger partial charge < -0.3 is 0 Å². The fraction of sp³-hybridized carbons (Fsp3) is 0.0698. The van der Waals surface area contributed by atoms with Crippen LogP contribution in [0.4, 0.5) is 0 Å². The van der Waals surface area contributed by atoms with E-state index in [0.717, 1.165) is 39.5 Å². The number of allylic oxidation sites excluding steroid dienone is 1. The largest absolute Gasteiger partial charge is 0.254 e. The second-order valence-corrected chi connectivity index (χ2v) is 14.7. The van der Waals surface area contributed by atoms with E-state index in [1.807, 2.05) is 34.9 Å². The third-order valence-corrected chi connectivity index (χ3v) is 12.2. The van der Waals surface area contributed by atoms with Crippen LogP contribution in [0, 0.1) is 0 Å². The van der Waals surface area contributed by atoms with Crippen LogP contribution in [0.3, 0.4) is 0 Å². The van der Waals surface area contributed by atoms with E-state index in [0.29, 0.717) is 5.92 Å². The molecule has 1 aliphatic rings. The SMILES string of the molecule is CC1CC=Cc2sc3c(-c4cc(-c5ccc6ccc7cccnc7c6n5)cc(-c5cccc6c5sc5ccccc56)c4)cccc3c21. The summed E-state index contributed by atoms with van der Waals surface area (Å²) < 4.78 is 4.00. The van der Waals surface area contributed by atoms with Gasteiger partial charge in [0.05, 0.1) is 16.7 Å². The molecular weight excluding hydrogens is 609 g/mol. The van der Waals surface area contributed by atoms with E-state index in [2.05, 4.69) is 128 Å². The van der Waals surface area contributed by atoms with Crippen LogP contribution in [0.25, 0.3) is 91.7 Å². The van der Waals surface area contributed by atoms with Gasteiger partial charge in [0.15, 0.2) is 0 Å². The summed E-state index contributed by atoms with van der Waals surface area (Å²) in [4.78, 5) is 11.4. The molecule has 222 valence electrons. The molecule has 1 unspecified atom stereocenters. The fourth-order valence-corrected chi connectivity index (χ4v) is 10.1. The van der Waals surface area contributed by atoms with Gasteiger partial charge in [0.25, 0.3) is 0 Å². The highest BCUT2D eigenvalue weighted by atomic mass is 32.1. The van der Waals surface area contributed by atoms with Crippen LogP contribution >= 0.6 is 22.7 Å². The van der Waals surface area contributed by atoms with Crippen molar-refractivity contribution in [2.75, 3.05) is 0 Å². The maximum absolute atomic E-state index is 5.30. The Morgan fingerprint density at radius 1 is 0.617 bits per heavy atom. The van der Waals surface area contributed by atoms with Crippen molar-refractivity contribution in [2.24, 2.45) is 0 Å². The summed E-state index contributed by atoms with van der Waals surface area (Å²) in [6, 6.07) is 42.1. The fourth-order valence-electron chi connectivity index (χ4n) is 7.46. The van der Waals surface area contributed by atoms with Gasteiger partial charge in [-0.3, -0.25) is 4.98 Å². The standard InChI is InChI=1S/C43H28N2S2/c1-25-8-4-16-38-39(25)35-14-6-12-32(43(35)47-38)29-22-28(31-11-5-13-34-33-10-2-3-15-37(33)46-42(31)34)23-30(24-29)36-20-19-27-18-17-26-9-7-21-44-40(26)41(27)45-36/h2-7,9-25H,8H2,1H3. The Bertz CT molecular complexity index is 2750. The minimum absolute atomic E-state index is 0.525. The Morgan fingerprint density at radius 3 is 2.17 bits per heavy atom. The lowest BCUT2D eigenvalue weighted by Gasteiger charge is -2.15. The minimum Gasteiger partial charge on any atom is -0.254 e. The van der Waals surface area contributed by atoms with Crippen molar-refractivity contribution in [3.8, 4) is 33.5 Å². The molecule has 4 heteroatoms. The van der Waals surface area contributed by atoms with Gasteiger partial charge in [0, 0.05) is 52.3 Å². The Morgan fingerprint density at radius 2 is 1.32 bits per heavy atom. The lowest BCUT2D eigenvalue weighted by Crippen LogP contribution is -1.96. The van der Waals surface area contributed by atoms with Crippen LogP contribution in [0.5, 0.6) is 0 Å². The summed E-state index contributed by atoms with van der Waals surface area (Å²) in [6.07, 6.45) is 7.61. The third kappa shape index (κ3) is 4.22. The van der Waals surface area contributed by atoms with Gasteiger partial charge in [-0.15, -0.1) is 22.7 Å². The highest BCUT2D eigenvalue weighted by Crippen LogP contribution is 2.47. The van der Waals surface area contributed by atoms with Crippen LogP contribution in [0.1, 0.15) is 29.7 Å². The molecule has 0 saturated heterocycles. The Balaban J connectivity index is 1.25. The number of fused-ring (bicyclic) bond motifs is 9. The first-order valence-electron chi connectivity index (χ1n) is 16.1. The van der Waals surface area contributed by atoms with Crippen molar-refractivity contribution >= 4 is 80.8 Å². The number of thiophene rings is 2. The molecule has 9 aromatic rings. The molecule has 10 rings (SSSR count). The summed E-state index contributed by atoms with van der Waals surface area (Å²) in [7, 11) is 0. The van der Waals surface area contributed by atoms with Gasteiger partial charge in [0.1, 0.15) is 0 Å². The maximum Gasteiger partial charge on any atom is 0.0972 e. The Hall–Kier alpha value is -5.16. The zero-order valence-electron chi connectivity index (χ0n) is 25.7.